The molecule has 0 aromatic heterocycles. The van der Waals surface area contributed by atoms with Gasteiger partial charge in [0.2, 0.25) is 0 Å². The van der Waals surface area contributed by atoms with Crippen LogP contribution < -0.4 is 10.1 Å². The first kappa shape index (κ1) is 16.5. The highest BCUT2D eigenvalue weighted by molar-refractivity contribution is 5.85. The average molecular weight is 315 g/mol. The Bertz CT molecular complexity index is 462. The summed E-state index contributed by atoms with van der Waals surface area (Å²) in [4.78, 5) is 2.55. The van der Waals surface area contributed by atoms with Crippen molar-refractivity contribution in [2.45, 2.75) is 25.3 Å². The molecule has 118 valence electrons. The summed E-state index contributed by atoms with van der Waals surface area (Å²) in [5.74, 6) is 0.800. The van der Waals surface area contributed by atoms with E-state index in [0.29, 0.717) is 17.7 Å². The number of rotatable bonds is 4. The van der Waals surface area contributed by atoms with Crippen LogP contribution in [0.1, 0.15) is 30.9 Å². The SMILES string of the molecule is COc1cc([C@H](C2CCC2)N2CCNCC2)ccc1F.Cl. The van der Waals surface area contributed by atoms with Crippen LogP contribution in [0.15, 0.2) is 18.2 Å². The first-order valence-electron chi connectivity index (χ1n) is 7.58. The summed E-state index contributed by atoms with van der Waals surface area (Å²) in [6.07, 6.45) is 3.90. The quantitative estimate of drug-likeness (QED) is 0.924. The van der Waals surface area contributed by atoms with Gasteiger partial charge in [-0.1, -0.05) is 12.5 Å². The third-order valence-corrected chi connectivity index (χ3v) is 4.66. The lowest BCUT2D eigenvalue weighted by Crippen LogP contribution is -2.47. The number of ether oxygens (including phenoxy) is 1. The van der Waals surface area contributed by atoms with Gasteiger partial charge < -0.3 is 10.1 Å². The maximum atomic E-state index is 13.6. The minimum absolute atomic E-state index is 0. The fourth-order valence-corrected chi connectivity index (χ4v) is 3.36. The minimum atomic E-state index is -0.274. The Kier molecular flexibility index (Phi) is 5.85. The zero-order valence-corrected chi connectivity index (χ0v) is 13.3. The summed E-state index contributed by atoms with van der Waals surface area (Å²) in [5, 5.41) is 3.40. The highest BCUT2D eigenvalue weighted by atomic mass is 35.5. The molecular weight excluding hydrogens is 291 g/mol. The predicted molar refractivity (Wildman–Crippen MR) is 84.7 cm³/mol. The molecule has 0 unspecified atom stereocenters. The van der Waals surface area contributed by atoms with Crippen LogP contribution in [0.5, 0.6) is 5.75 Å². The summed E-state index contributed by atoms with van der Waals surface area (Å²) in [7, 11) is 1.53. The normalized spacial score (nSPS) is 21.2. The molecule has 1 aliphatic heterocycles. The zero-order valence-electron chi connectivity index (χ0n) is 12.5. The molecule has 1 atom stereocenters. The second-order valence-corrected chi connectivity index (χ2v) is 5.82. The van der Waals surface area contributed by atoms with Crippen LogP contribution in [0, 0.1) is 11.7 Å². The van der Waals surface area contributed by atoms with Crippen LogP contribution in [-0.2, 0) is 0 Å². The molecule has 0 amide bonds. The van der Waals surface area contributed by atoms with E-state index in [0.717, 1.165) is 26.2 Å². The minimum Gasteiger partial charge on any atom is -0.494 e. The van der Waals surface area contributed by atoms with Gasteiger partial charge in [-0.2, -0.15) is 0 Å². The van der Waals surface area contributed by atoms with Gasteiger partial charge in [0, 0.05) is 32.2 Å². The number of methoxy groups -OCH3 is 1. The average Bonchev–Trinajstić information content (AvgIpc) is 2.44. The lowest BCUT2D eigenvalue weighted by molar-refractivity contribution is 0.0835. The first-order valence-corrected chi connectivity index (χ1v) is 7.58. The second kappa shape index (κ2) is 7.43. The zero-order chi connectivity index (χ0) is 13.9. The highest BCUT2D eigenvalue weighted by Gasteiger charge is 2.33. The molecule has 1 saturated heterocycles. The van der Waals surface area contributed by atoms with Crippen molar-refractivity contribution in [1.29, 1.82) is 0 Å². The maximum absolute atomic E-state index is 13.6. The van der Waals surface area contributed by atoms with Crippen molar-refractivity contribution in [3.63, 3.8) is 0 Å². The van der Waals surface area contributed by atoms with Crippen LogP contribution in [0.3, 0.4) is 0 Å². The lowest BCUT2D eigenvalue weighted by atomic mass is 9.76. The largest absolute Gasteiger partial charge is 0.494 e. The molecule has 0 radical (unpaired) electrons. The predicted octanol–water partition coefficient (Wildman–Crippen LogP) is 3.00. The van der Waals surface area contributed by atoms with Crippen LogP contribution >= 0.6 is 12.4 Å². The van der Waals surface area contributed by atoms with Gasteiger partial charge in [-0.25, -0.2) is 4.39 Å². The van der Waals surface area contributed by atoms with E-state index < -0.39 is 0 Å². The lowest BCUT2D eigenvalue weighted by Gasteiger charge is -2.43. The van der Waals surface area contributed by atoms with Gasteiger partial charge in [-0.05, 0) is 36.5 Å². The maximum Gasteiger partial charge on any atom is 0.165 e. The van der Waals surface area contributed by atoms with Gasteiger partial charge >= 0.3 is 0 Å². The van der Waals surface area contributed by atoms with Gasteiger partial charge in [-0.15, -0.1) is 12.4 Å². The molecule has 1 saturated carbocycles. The van der Waals surface area contributed by atoms with Crippen molar-refractivity contribution in [3.8, 4) is 5.75 Å². The number of nitrogens with one attached hydrogen (secondary N) is 1. The Hall–Kier alpha value is -0.840. The Morgan fingerprint density at radius 1 is 1.29 bits per heavy atom. The number of hydrogen-bond donors (Lipinski definition) is 1. The molecule has 0 bridgehead atoms. The van der Waals surface area contributed by atoms with Crippen molar-refractivity contribution in [1.82, 2.24) is 10.2 Å². The summed E-state index contributed by atoms with van der Waals surface area (Å²) in [6.45, 7) is 4.23. The van der Waals surface area contributed by atoms with Crippen molar-refractivity contribution in [3.05, 3.63) is 29.6 Å². The Morgan fingerprint density at radius 3 is 2.57 bits per heavy atom. The van der Waals surface area contributed by atoms with E-state index in [2.05, 4.69) is 10.2 Å². The summed E-state index contributed by atoms with van der Waals surface area (Å²) < 4.78 is 18.8. The summed E-state index contributed by atoms with van der Waals surface area (Å²) >= 11 is 0. The van der Waals surface area contributed by atoms with Crippen molar-refractivity contribution < 1.29 is 9.13 Å². The summed E-state index contributed by atoms with van der Waals surface area (Å²) in [5.41, 5.74) is 1.20. The highest BCUT2D eigenvalue weighted by Crippen LogP contribution is 2.42. The second-order valence-electron chi connectivity index (χ2n) is 5.82. The molecule has 2 fully saturated rings. The smallest absolute Gasteiger partial charge is 0.165 e. The van der Waals surface area contributed by atoms with Crippen LogP contribution in [0.2, 0.25) is 0 Å². The molecule has 1 aliphatic carbocycles. The van der Waals surface area contributed by atoms with E-state index in [1.54, 1.807) is 6.07 Å². The number of benzene rings is 1. The molecule has 1 aromatic rings. The number of hydrogen-bond acceptors (Lipinski definition) is 3. The van der Waals surface area contributed by atoms with E-state index >= 15 is 0 Å². The van der Waals surface area contributed by atoms with Gasteiger partial charge in [0.15, 0.2) is 11.6 Å². The topological polar surface area (TPSA) is 24.5 Å². The molecule has 1 heterocycles. The van der Waals surface area contributed by atoms with Gasteiger partial charge in [0.1, 0.15) is 0 Å². The van der Waals surface area contributed by atoms with E-state index in [1.807, 2.05) is 12.1 Å². The molecule has 1 aromatic carbocycles. The Morgan fingerprint density at radius 2 is 2.00 bits per heavy atom. The third-order valence-electron chi connectivity index (χ3n) is 4.66. The van der Waals surface area contributed by atoms with Crippen molar-refractivity contribution >= 4 is 12.4 Å². The first-order chi connectivity index (χ1) is 9.79. The van der Waals surface area contributed by atoms with Crippen LogP contribution in [0.25, 0.3) is 0 Å². The van der Waals surface area contributed by atoms with E-state index in [4.69, 9.17) is 4.74 Å². The molecule has 5 heteroatoms. The van der Waals surface area contributed by atoms with E-state index in [9.17, 15) is 4.39 Å². The van der Waals surface area contributed by atoms with Crippen molar-refractivity contribution in [2.24, 2.45) is 5.92 Å². The third kappa shape index (κ3) is 3.50. The number of piperazine rings is 1. The van der Waals surface area contributed by atoms with Crippen molar-refractivity contribution in [2.75, 3.05) is 33.3 Å². The van der Waals surface area contributed by atoms with E-state index in [-0.39, 0.29) is 18.2 Å². The molecular formula is C16H24ClFN2O. The molecule has 21 heavy (non-hydrogen) atoms. The molecule has 2 aliphatic rings. The molecule has 0 spiro atoms. The monoisotopic (exact) mass is 314 g/mol. The summed E-state index contributed by atoms with van der Waals surface area (Å²) in [6, 6.07) is 5.78. The Balaban J connectivity index is 0.00000161. The van der Waals surface area contributed by atoms with Gasteiger partial charge in [0.25, 0.3) is 0 Å². The number of nitrogens with zero attached hydrogens (tertiary/aromatic N) is 1. The van der Waals surface area contributed by atoms with Gasteiger partial charge in [-0.3, -0.25) is 4.90 Å². The van der Waals surface area contributed by atoms with Crippen LogP contribution in [-0.4, -0.2) is 38.2 Å². The Labute approximate surface area is 132 Å². The van der Waals surface area contributed by atoms with Crippen LogP contribution in [0.4, 0.5) is 4.39 Å². The standard InChI is InChI=1S/C16H23FN2O.ClH/c1-20-15-11-13(5-6-14(15)17)16(12-3-2-4-12)19-9-7-18-8-10-19;/h5-6,11-12,16,18H,2-4,7-10H2,1H3;1H/t16-;/m0./s1. The van der Waals surface area contributed by atoms with Gasteiger partial charge in [0.05, 0.1) is 7.11 Å². The van der Waals surface area contributed by atoms with E-state index in [1.165, 1.54) is 31.9 Å². The number of halogens is 2. The fourth-order valence-electron chi connectivity index (χ4n) is 3.36. The molecule has 3 rings (SSSR count). The fraction of sp³-hybridized carbons (Fsp3) is 0.625. The molecule has 1 N–H and O–H groups in total. The molecule has 3 nitrogen and oxygen atoms in total.